The number of ether oxygens (including phenoxy) is 2. The number of aliphatic hydroxyl groups excluding tert-OH is 1. The van der Waals surface area contributed by atoms with Crippen molar-refractivity contribution in [3.63, 3.8) is 0 Å². The average molecular weight is 328 g/mol. The van der Waals surface area contributed by atoms with E-state index < -0.39 is 0 Å². The Morgan fingerprint density at radius 3 is 1.46 bits per heavy atom. The van der Waals surface area contributed by atoms with Crippen LogP contribution >= 0.6 is 0 Å². The molecule has 0 saturated heterocycles. The molecule has 2 aromatic rings. The Balaban J connectivity index is 1.42. The van der Waals surface area contributed by atoms with Gasteiger partial charge in [0.25, 0.3) is 0 Å². The summed E-state index contributed by atoms with van der Waals surface area (Å²) in [6.07, 6.45) is 5.42. The summed E-state index contributed by atoms with van der Waals surface area (Å²) in [5.41, 5.74) is 0. The Bertz CT molecular complexity index is 478. The van der Waals surface area contributed by atoms with E-state index in [0.29, 0.717) is 13.2 Å². The van der Waals surface area contributed by atoms with Crippen LogP contribution in [0.3, 0.4) is 0 Å². The van der Waals surface area contributed by atoms with E-state index in [1.807, 2.05) is 60.7 Å². The zero-order chi connectivity index (χ0) is 16.9. The van der Waals surface area contributed by atoms with Crippen molar-refractivity contribution in [3.05, 3.63) is 60.7 Å². The summed E-state index contributed by atoms with van der Waals surface area (Å²) < 4.78 is 11.3. The second-order valence-corrected chi connectivity index (χ2v) is 5.97. The van der Waals surface area contributed by atoms with E-state index in [1.165, 1.54) is 0 Å². The molecule has 0 saturated carbocycles. The number of para-hydroxylation sites is 2. The zero-order valence-corrected chi connectivity index (χ0v) is 14.3. The topological polar surface area (TPSA) is 38.7 Å². The second-order valence-electron chi connectivity index (χ2n) is 5.97. The van der Waals surface area contributed by atoms with E-state index in [-0.39, 0.29) is 6.10 Å². The minimum absolute atomic E-state index is 0.210. The molecule has 0 spiro atoms. The van der Waals surface area contributed by atoms with Crippen LogP contribution < -0.4 is 9.47 Å². The monoisotopic (exact) mass is 328 g/mol. The molecule has 0 atom stereocenters. The van der Waals surface area contributed by atoms with Crippen molar-refractivity contribution in [1.29, 1.82) is 0 Å². The molecule has 0 aromatic heterocycles. The summed E-state index contributed by atoms with van der Waals surface area (Å²) in [7, 11) is 0. The largest absolute Gasteiger partial charge is 0.494 e. The van der Waals surface area contributed by atoms with Crippen molar-refractivity contribution in [1.82, 2.24) is 0 Å². The first kappa shape index (κ1) is 18.3. The number of unbranched alkanes of at least 4 members (excludes halogenated alkanes) is 2. The lowest BCUT2D eigenvalue weighted by Crippen LogP contribution is -2.08. The fraction of sp³-hybridized carbons (Fsp3) is 0.429. The highest BCUT2D eigenvalue weighted by Gasteiger charge is 2.04. The Kier molecular flexibility index (Phi) is 8.81. The number of hydrogen-bond donors (Lipinski definition) is 1. The first-order valence-electron chi connectivity index (χ1n) is 8.88. The Morgan fingerprint density at radius 1 is 0.625 bits per heavy atom. The van der Waals surface area contributed by atoms with E-state index in [4.69, 9.17) is 9.47 Å². The van der Waals surface area contributed by atoms with Crippen LogP contribution in [0.1, 0.15) is 38.5 Å². The van der Waals surface area contributed by atoms with E-state index in [1.54, 1.807) is 0 Å². The van der Waals surface area contributed by atoms with E-state index in [9.17, 15) is 5.11 Å². The predicted molar refractivity (Wildman–Crippen MR) is 97.6 cm³/mol. The van der Waals surface area contributed by atoms with Gasteiger partial charge in [-0.3, -0.25) is 0 Å². The van der Waals surface area contributed by atoms with Gasteiger partial charge in [-0.15, -0.1) is 0 Å². The van der Waals surface area contributed by atoms with Crippen LogP contribution in [0.25, 0.3) is 0 Å². The van der Waals surface area contributed by atoms with E-state index >= 15 is 0 Å². The van der Waals surface area contributed by atoms with Gasteiger partial charge < -0.3 is 14.6 Å². The predicted octanol–water partition coefficient (Wildman–Crippen LogP) is 4.85. The van der Waals surface area contributed by atoms with Gasteiger partial charge in [0.1, 0.15) is 11.5 Å². The number of benzene rings is 2. The highest BCUT2D eigenvalue weighted by molar-refractivity contribution is 5.21. The number of aliphatic hydroxyl groups is 1. The number of hydrogen-bond acceptors (Lipinski definition) is 3. The quantitative estimate of drug-likeness (QED) is 0.566. The molecule has 1 N–H and O–H groups in total. The fourth-order valence-corrected chi connectivity index (χ4v) is 2.52. The molecule has 0 heterocycles. The van der Waals surface area contributed by atoms with Gasteiger partial charge in [0, 0.05) is 0 Å². The van der Waals surface area contributed by atoms with Crippen LogP contribution in [0.2, 0.25) is 0 Å². The summed E-state index contributed by atoms with van der Waals surface area (Å²) in [5, 5.41) is 10.0. The SMILES string of the molecule is OC(CCCCOc1ccccc1)CCCCOc1ccccc1. The van der Waals surface area contributed by atoms with Crippen molar-refractivity contribution in [2.24, 2.45) is 0 Å². The van der Waals surface area contributed by atoms with Gasteiger partial charge in [0.15, 0.2) is 0 Å². The van der Waals surface area contributed by atoms with Gasteiger partial charge in [-0.1, -0.05) is 36.4 Å². The molecular formula is C21H28O3. The van der Waals surface area contributed by atoms with Crippen LogP contribution in [0.15, 0.2) is 60.7 Å². The molecule has 0 aliphatic rings. The standard InChI is InChI=1S/C21H28O3/c22-19(11-7-9-17-23-20-13-3-1-4-14-20)12-8-10-18-24-21-15-5-2-6-16-21/h1-6,13-16,19,22H,7-12,17-18H2. The maximum absolute atomic E-state index is 10.0. The minimum Gasteiger partial charge on any atom is -0.494 e. The van der Waals surface area contributed by atoms with Gasteiger partial charge in [0.2, 0.25) is 0 Å². The molecule has 3 nitrogen and oxygen atoms in total. The smallest absolute Gasteiger partial charge is 0.119 e. The molecule has 0 radical (unpaired) electrons. The van der Waals surface area contributed by atoms with Crippen molar-refractivity contribution >= 4 is 0 Å². The van der Waals surface area contributed by atoms with Crippen LogP contribution in [-0.2, 0) is 0 Å². The second kappa shape index (κ2) is 11.5. The van der Waals surface area contributed by atoms with Crippen LogP contribution in [0, 0.1) is 0 Å². The third-order valence-electron chi connectivity index (χ3n) is 3.89. The van der Waals surface area contributed by atoms with Gasteiger partial charge >= 0.3 is 0 Å². The minimum atomic E-state index is -0.210. The van der Waals surface area contributed by atoms with Crippen LogP contribution in [-0.4, -0.2) is 24.4 Å². The van der Waals surface area contributed by atoms with Crippen molar-refractivity contribution in [2.75, 3.05) is 13.2 Å². The molecule has 0 aliphatic heterocycles. The molecule has 0 amide bonds. The highest BCUT2D eigenvalue weighted by Crippen LogP contribution is 2.13. The summed E-state index contributed by atoms with van der Waals surface area (Å²) in [4.78, 5) is 0. The Labute approximate surface area is 145 Å². The molecular weight excluding hydrogens is 300 g/mol. The Morgan fingerprint density at radius 2 is 1.04 bits per heavy atom. The normalized spacial score (nSPS) is 10.8. The summed E-state index contributed by atoms with van der Waals surface area (Å²) in [6, 6.07) is 19.7. The lowest BCUT2D eigenvalue weighted by molar-refractivity contribution is 0.143. The van der Waals surface area contributed by atoms with E-state index in [0.717, 1.165) is 50.0 Å². The molecule has 0 fully saturated rings. The molecule has 24 heavy (non-hydrogen) atoms. The Hall–Kier alpha value is -2.00. The third kappa shape index (κ3) is 8.02. The van der Waals surface area contributed by atoms with Gasteiger partial charge in [-0.05, 0) is 62.8 Å². The maximum Gasteiger partial charge on any atom is 0.119 e. The first-order chi connectivity index (χ1) is 11.8. The third-order valence-corrected chi connectivity index (χ3v) is 3.89. The summed E-state index contributed by atoms with van der Waals surface area (Å²) >= 11 is 0. The first-order valence-corrected chi connectivity index (χ1v) is 8.88. The molecule has 2 aromatic carbocycles. The number of rotatable bonds is 12. The lowest BCUT2D eigenvalue weighted by Gasteiger charge is -2.11. The van der Waals surface area contributed by atoms with Crippen molar-refractivity contribution in [2.45, 2.75) is 44.6 Å². The van der Waals surface area contributed by atoms with Gasteiger partial charge in [-0.2, -0.15) is 0 Å². The summed E-state index contributed by atoms with van der Waals surface area (Å²) in [5.74, 6) is 1.83. The molecule has 0 unspecified atom stereocenters. The van der Waals surface area contributed by atoms with Crippen LogP contribution in [0.5, 0.6) is 11.5 Å². The van der Waals surface area contributed by atoms with Crippen LogP contribution in [0.4, 0.5) is 0 Å². The lowest BCUT2D eigenvalue weighted by atomic mass is 10.1. The van der Waals surface area contributed by atoms with E-state index in [2.05, 4.69) is 0 Å². The molecule has 3 heteroatoms. The fourth-order valence-electron chi connectivity index (χ4n) is 2.52. The van der Waals surface area contributed by atoms with Crippen molar-refractivity contribution in [3.8, 4) is 11.5 Å². The van der Waals surface area contributed by atoms with Crippen molar-refractivity contribution < 1.29 is 14.6 Å². The maximum atomic E-state index is 10.0. The molecule has 0 bridgehead atoms. The summed E-state index contributed by atoms with van der Waals surface area (Å²) in [6.45, 7) is 1.42. The van der Waals surface area contributed by atoms with Gasteiger partial charge in [0.05, 0.1) is 19.3 Å². The molecule has 130 valence electrons. The molecule has 0 aliphatic carbocycles. The average Bonchev–Trinajstić information content (AvgIpc) is 2.63. The van der Waals surface area contributed by atoms with Gasteiger partial charge in [-0.25, -0.2) is 0 Å². The zero-order valence-electron chi connectivity index (χ0n) is 14.3. The highest BCUT2D eigenvalue weighted by atomic mass is 16.5. The molecule has 2 rings (SSSR count).